The quantitative estimate of drug-likeness (QED) is 0.898. The monoisotopic (exact) mass is 283 g/mol. The molecule has 3 unspecified atom stereocenters. The molecule has 16 heavy (non-hydrogen) atoms. The average Bonchev–Trinajstić information content (AvgIpc) is 2.29. The van der Waals surface area contributed by atoms with E-state index < -0.39 is 6.10 Å². The third-order valence-electron chi connectivity index (χ3n) is 3.49. The summed E-state index contributed by atoms with van der Waals surface area (Å²) in [6.45, 7) is 2.27. The van der Waals surface area contributed by atoms with Crippen LogP contribution in [0.4, 0.5) is 0 Å². The van der Waals surface area contributed by atoms with Crippen LogP contribution in [0.1, 0.15) is 44.4 Å². The molecule has 3 heteroatoms. The molecule has 0 aliphatic heterocycles. The maximum atomic E-state index is 10.4. The number of aliphatic hydroxyl groups is 1. The summed E-state index contributed by atoms with van der Waals surface area (Å²) in [5.41, 5.74) is 0.793. The normalized spacial score (nSPS) is 27.7. The number of halogens is 1. The smallest absolute Gasteiger partial charge is 0.0999 e. The number of nitrogens with zero attached hydrogens (tertiary/aromatic N) is 1. The van der Waals surface area contributed by atoms with Crippen LogP contribution >= 0.6 is 15.9 Å². The van der Waals surface area contributed by atoms with Gasteiger partial charge in [-0.3, -0.25) is 4.98 Å². The molecule has 1 N–H and O–H groups in total. The van der Waals surface area contributed by atoms with E-state index in [9.17, 15) is 5.11 Å². The van der Waals surface area contributed by atoms with Gasteiger partial charge in [0.2, 0.25) is 0 Å². The van der Waals surface area contributed by atoms with Gasteiger partial charge in [-0.15, -0.1) is 0 Å². The Kier molecular flexibility index (Phi) is 3.98. The number of aliphatic hydroxyl groups excluding tert-OH is 1. The summed E-state index contributed by atoms with van der Waals surface area (Å²) in [7, 11) is 0. The first kappa shape index (κ1) is 12.1. The van der Waals surface area contributed by atoms with Crippen molar-refractivity contribution >= 4 is 15.9 Å². The molecule has 0 spiro atoms. The highest BCUT2D eigenvalue weighted by molar-refractivity contribution is 9.10. The first-order valence-corrected chi connectivity index (χ1v) is 6.76. The number of pyridine rings is 1. The number of hydrogen-bond acceptors (Lipinski definition) is 2. The molecule has 88 valence electrons. The van der Waals surface area contributed by atoms with Gasteiger partial charge in [-0.05, 0) is 52.7 Å². The summed E-state index contributed by atoms with van der Waals surface area (Å²) in [4.78, 5) is 4.28. The molecule has 1 aromatic rings. The zero-order chi connectivity index (χ0) is 11.5. The SMILES string of the molecule is CC1CCCC(C(O)c2ncccc2Br)C1. The maximum Gasteiger partial charge on any atom is 0.0999 e. The van der Waals surface area contributed by atoms with E-state index in [-0.39, 0.29) is 0 Å². The van der Waals surface area contributed by atoms with Gasteiger partial charge in [0.05, 0.1) is 11.8 Å². The van der Waals surface area contributed by atoms with Crippen molar-refractivity contribution < 1.29 is 5.11 Å². The van der Waals surface area contributed by atoms with Crippen molar-refractivity contribution in [2.24, 2.45) is 11.8 Å². The molecule has 3 atom stereocenters. The highest BCUT2D eigenvalue weighted by atomic mass is 79.9. The summed E-state index contributed by atoms with van der Waals surface area (Å²) in [5, 5.41) is 10.4. The predicted octanol–water partition coefficient (Wildman–Crippen LogP) is 3.70. The molecule has 1 heterocycles. The van der Waals surface area contributed by atoms with Crippen LogP contribution in [-0.4, -0.2) is 10.1 Å². The molecular formula is C13H18BrNO. The van der Waals surface area contributed by atoms with E-state index in [1.54, 1.807) is 6.20 Å². The molecule has 1 aromatic heterocycles. The van der Waals surface area contributed by atoms with E-state index in [2.05, 4.69) is 27.8 Å². The summed E-state index contributed by atoms with van der Waals surface area (Å²) in [6.07, 6.45) is 6.09. The fourth-order valence-electron chi connectivity index (χ4n) is 2.61. The Balaban J connectivity index is 2.12. The van der Waals surface area contributed by atoms with Crippen LogP contribution in [0.15, 0.2) is 22.8 Å². The Hall–Kier alpha value is -0.410. The zero-order valence-electron chi connectivity index (χ0n) is 9.56. The van der Waals surface area contributed by atoms with Gasteiger partial charge in [0.25, 0.3) is 0 Å². The van der Waals surface area contributed by atoms with Gasteiger partial charge in [-0.2, -0.15) is 0 Å². The lowest BCUT2D eigenvalue weighted by Crippen LogP contribution is -2.21. The van der Waals surface area contributed by atoms with Crippen LogP contribution in [0.5, 0.6) is 0 Å². The van der Waals surface area contributed by atoms with E-state index in [4.69, 9.17) is 0 Å². The van der Waals surface area contributed by atoms with Crippen molar-refractivity contribution in [3.05, 3.63) is 28.5 Å². The Morgan fingerprint density at radius 3 is 3.00 bits per heavy atom. The minimum Gasteiger partial charge on any atom is -0.386 e. The summed E-state index contributed by atoms with van der Waals surface area (Å²) in [6, 6.07) is 3.82. The highest BCUT2D eigenvalue weighted by Gasteiger charge is 2.28. The molecule has 2 rings (SSSR count). The second-order valence-corrected chi connectivity index (χ2v) is 5.70. The minimum absolute atomic E-state index is 0.370. The molecule has 0 bridgehead atoms. The number of aromatic nitrogens is 1. The third-order valence-corrected chi connectivity index (χ3v) is 4.16. The minimum atomic E-state index is -0.418. The molecule has 1 aliphatic rings. The Morgan fingerprint density at radius 2 is 2.31 bits per heavy atom. The lowest BCUT2D eigenvalue weighted by molar-refractivity contribution is 0.0674. The Labute approximate surface area is 105 Å². The molecule has 2 nitrogen and oxygen atoms in total. The van der Waals surface area contributed by atoms with Crippen LogP contribution in [-0.2, 0) is 0 Å². The van der Waals surface area contributed by atoms with Crippen molar-refractivity contribution in [3.63, 3.8) is 0 Å². The van der Waals surface area contributed by atoms with E-state index in [0.717, 1.165) is 28.9 Å². The van der Waals surface area contributed by atoms with Gasteiger partial charge in [-0.25, -0.2) is 0 Å². The topological polar surface area (TPSA) is 33.1 Å². The van der Waals surface area contributed by atoms with Crippen molar-refractivity contribution in [1.29, 1.82) is 0 Å². The molecule has 1 aliphatic carbocycles. The van der Waals surface area contributed by atoms with Gasteiger partial charge >= 0.3 is 0 Å². The Bertz CT molecular complexity index is 356. The Morgan fingerprint density at radius 1 is 1.50 bits per heavy atom. The fraction of sp³-hybridized carbons (Fsp3) is 0.615. The lowest BCUT2D eigenvalue weighted by atomic mass is 9.79. The van der Waals surface area contributed by atoms with Gasteiger partial charge in [0.1, 0.15) is 0 Å². The van der Waals surface area contributed by atoms with Crippen LogP contribution in [0.25, 0.3) is 0 Å². The van der Waals surface area contributed by atoms with Crippen LogP contribution < -0.4 is 0 Å². The fourth-order valence-corrected chi connectivity index (χ4v) is 3.10. The second-order valence-electron chi connectivity index (χ2n) is 4.85. The summed E-state index contributed by atoms with van der Waals surface area (Å²) in [5.74, 6) is 1.10. The zero-order valence-corrected chi connectivity index (χ0v) is 11.2. The van der Waals surface area contributed by atoms with Crippen molar-refractivity contribution in [2.75, 3.05) is 0 Å². The van der Waals surface area contributed by atoms with E-state index in [1.165, 1.54) is 12.8 Å². The third kappa shape index (κ3) is 2.64. The maximum absolute atomic E-state index is 10.4. The van der Waals surface area contributed by atoms with Gasteiger partial charge < -0.3 is 5.11 Å². The highest BCUT2D eigenvalue weighted by Crippen LogP contribution is 2.38. The van der Waals surface area contributed by atoms with Crippen molar-refractivity contribution in [3.8, 4) is 0 Å². The largest absolute Gasteiger partial charge is 0.386 e. The molecule has 0 aromatic carbocycles. The molecule has 1 fully saturated rings. The summed E-state index contributed by atoms with van der Waals surface area (Å²) < 4.78 is 0.917. The lowest BCUT2D eigenvalue weighted by Gasteiger charge is -2.30. The van der Waals surface area contributed by atoms with E-state index in [0.29, 0.717) is 5.92 Å². The van der Waals surface area contributed by atoms with Crippen LogP contribution in [0.3, 0.4) is 0 Å². The van der Waals surface area contributed by atoms with Gasteiger partial charge in [0.15, 0.2) is 0 Å². The number of rotatable bonds is 2. The number of hydrogen-bond donors (Lipinski definition) is 1. The van der Waals surface area contributed by atoms with Crippen LogP contribution in [0.2, 0.25) is 0 Å². The first-order chi connectivity index (χ1) is 7.68. The predicted molar refractivity (Wildman–Crippen MR) is 68.0 cm³/mol. The van der Waals surface area contributed by atoms with Crippen LogP contribution in [0, 0.1) is 11.8 Å². The molecular weight excluding hydrogens is 266 g/mol. The summed E-state index contributed by atoms with van der Waals surface area (Å²) >= 11 is 3.46. The second kappa shape index (κ2) is 5.28. The van der Waals surface area contributed by atoms with Gasteiger partial charge in [0, 0.05) is 10.7 Å². The molecule has 1 saturated carbocycles. The molecule has 0 radical (unpaired) electrons. The standard InChI is InChI=1S/C13H18BrNO/c1-9-4-2-5-10(8-9)13(16)12-11(14)6-3-7-15-12/h3,6-7,9-10,13,16H,2,4-5,8H2,1H3. The van der Waals surface area contributed by atoms with Gasteiger partial charge in [-0.1, -0.05) is 19.8 Å². The van der Waals surface area contributed by atoms with E-state index >= 15 is 0 Å². The molecule has 0 amide bonds. The molecule has 0 saturated heterocycles. The van der Waals surface area contributed by atoms with Crippen molar-refractivity contribution in [1.82, 2.24) is 4.98 Å². The average molecular weight is 284 g/mol. The first-order valence-electron chi connectivity index (χ1n) is 5.97. The van der Waals surface area contributed by atoms with Crippen molar-refractivity contribution in [2.45, 2.75) is 38.7 Å². The van der Waals surface area contributed by atoms with E-state index in [1.807, 2.05) is 12.1 Å².